The molecule has 1 unspecified atom stereocenters. The molecule has 1 fully saturated rings. The number of urea groups is 1. The standard InChI is InChI=1S/C27H33N5O3/c1-18(14-25(29)33)17-31(3)27(35)30-24-15-23(7-4-19(24)2)26(34)32-12-10-22(11-13-32)21-8-5-20(16-28)6-9-21/h4-9,15,18,22H,10-14,17H2,1-3H3,(H2,29,33)(H,30,35). The molecular formula is C27H33N5O3. The topological polar surface area (TPSA) is 120 Å². The number of nitrogens with two attached hydrogens (primary N) is 1. The van der Waals surface area contributed by atoms with Crippen LogP contribution in [-0.4, -0.2) is 54.3 Å². The molecule has 2 aromatic rings. The molecule has 1 aliphatic rings. The average molecular weight is 476 g/mol. The van der Waals surface area contributed by atoms with Crippen LogP contribution in [0.15, 0.2) is 42.5 Å². The van der Waals surface area contributed by atoms with Gasteiger partial charge >= 0.3 is 6.03 Å². The fourth-order valence-electron chi connectivity index (χ4n) is 4.49. The number of amides is 4. The van der Waals surface area contributed by atoms with Gasteiger partial charge in [0.15, 0.2) is 0 Å². The predicted octanol–water partition coefficient (Wildman–Crippen LogP) is 3.86. The van der Waals surface area contributed by atoms with Gasteiger partial charge in [-0.05, 0) is 67.0 Å². The maximum absolute atomic E-state index is 13.2. The maximum atomic E-state index is 13.2. The highest BCUT2D eigenvalue weighted by Gasteiger charge is 2.25. The third-order valence-corrected chi connectivity index (χ3v) is 6.50. The second-order valence-electron chi connectivity index (χ2n) is 9.42. The lowest BCUT2D eigenvalue weighted by molar-refractivity contribution is -0.118. The molecule has 0 aliphatic carbocycles. The Hall–Kier alpha value is -3.86. The number of aryl methyl sites for hydroxylation is 1. The van der Waals surface area contributed by atoms with Crippen LogP contribution in [0.1, 0.15) is 59.2 Å². The summed E-state index contributed by atoms with van der Waals surface area (Å²) in [6, 6.07) is 14.9. The van der Waals surface area contributed by atoms with Crippen molar-refractivity contribution in [1.82, 2.24) is 9.80 Å². The molecule has 0 spiro atoms. The van der Waals surface area contributed by atoms with Crippen molar-refractivity contribution < 1.29 is 14.4 Å². The van der Waals surface area contributed by atoms with Crippen LogP contribution in [0.5, 0.6) is 0 Å². The van der Waals surface area contributed by atoms with Crippen LogP contribution < -0.4 is 11.1 Å². The van der Waals surface area contributed by atoms with Crippen molar-refractivity contribution in [1.29, 1.82) is 5.26 Å². The van der Waals surface area contributed by atoms with Crippen molar-refractivity contribution in [2.45, 2.75) is 39.0 Å². The molecule has 1 heterocycles. The van der Waals surface area contributed by atoms with E-state index in [0.29, 0.717) is 42.4 Å². The Morgan fingerprint density at radius 2 is 1.83 bits per heavy atom. The number of piperidine rings is 1. The lowest BCUT2D eigenvalue weighted by Gasteiger charge is -2.32. The van der Waals surface area contributed by atoms with Crippen LogP contribution in [0.25, 0.3) is 0 Å². The van der Waals surface area contributed by atoms with Gasteiger partial charge in [0.05, 0.1) is 11.6 Å². The van der Waals surface area contributed by atoms with Gasteiger partial charge in [-0.25, -0.2) is 4.79 Å². The fraction of sp³-hybridized carbons (Fsp3) is 0.407. The minimum Gasteiger partial charge on any atom is -0.370 e. The molecule has 1 aliphatic heterocycles. The van der Waals surface area contributed by atoms with Crippen molar-refractivity contribution in [2.24, 2.45) is 11.7 Å². The van der Waals surface area contributed by atoms with E-state index < -0.39 is 5.91 Å². The van der Waals surface area contributed by atoms with Crippen LogP contribution >= 0.6 is 0 Å². The van der Waals surface area contributed by atoms with Gasteiger partial charge in [-0.15, -0.1) is 0 Å². The van der Waals surface area contributed by atoms with E-state index in [9.17, 15) is 14.4 Å². The normalized spacial score (nSPS) is 14.6. The highest BCUT2D eigenvalue weighted by molar-refractivity contribution is 5.97. The van der Waals surface area contributed by atoms with Crippen molar-refractivity contribution in [3.05, 3.63) is 64.7 Å². The molecule has 1 saturated heterocycles. The Morgan fingerprint density at radius 1 is 1.17 bits per heavy atom. The van der Waals surface area contributed by atoms with Gasteiger partial charge in [-0.1, -0.05) is 25.1 Å². The van der Waals surface area contributed by atoms with Gasteiger partial charge < -0.3 is 20.9 Å². The largest absolute Gasteiger partial charge is 0.370 e. The Balaban J connectivity index is 1.60. The molecule has 35 heavy (non-hydrogen) atoms. The number of hydrogen-bond acceptors (Lipinski definition) is 4. The van der Waals surface area contributed by atoms with Gasteiger partial charge in [0, 0.05) is 44.4 Å². The van der Waals surface area contributed by atoms with Gasteiger partial charge in [0.25, 0.3) is 5.91 Å². The Kier molecular flexibility index (Phi) is 8.48. The molecule has 8 heteroatoms. The number of hydrogen-bond donors (Lipinski definition) is 2. The maximum Gasteiger partial charge on any atom is 0.321 e. The molecular weight excluding hydrogens is 442 g/mol. The van der Waals surface area contributed by atoms with E-state index >= 15 is 0 Å². The molecule has 0 aromatic heterocycles. The molecule has 0 radical (unpaired) electrons. The smallest absolute Gasteiger partial charge is 0.321 e. The highest BCUT2D eigenvalue weighted by Crippen LogP contribution is 2.29. The molecule has 3 rings (SSSR count). The van der Waals surface area contributed by atoms with Crippen LogP contribution in [-0.2, 0) is 4.79 Å². The molecule has 184 valence electrons. The number of nitrogens with one attached hydrogen (secondary N) is 1. The van der Waals surface area contributed by atoms with Crippen LogP contribution in [0.2, 0.25) is 0 Å². The van der Waals surface area contributed by atoms with E-state index in [1.807, 2.05) is 49.1 Å². The van der Waals surface area contributed by atoms with Crippen LogP contribution in [0.3, 0.4) is 0 Å². The third-order valence-electron chi connectivity index (χ3n) is 6.50. The zero-order valence-electron chi connectivity index (χ0n) is 20.6. The summed E-state index contributed by atoms with van der Waals surface area (Å²) >= 11 is 0. The van der Waals surface area contributed by atoms with E-state index in [0.717, 1.165) is 18.4 Å². The first-order valence-electron chi connectivity index (χ1n) is 11.9. The summed E-state index contributed by atoms with van der Waals surface area (Å²) in [6.45, 7) is 5.44. The van der Waals surface area contributed by atoms with E-state index in [-0.39, 0.29) is 24.3 Å². The minimum atomic E-state index is -0.394. The first-order valence-corrected chi connectivity index (χ1v) is 11.9. The molecule has 1 atom stereocenters. The van der Waals surface area contributed by atoms with Crippen molar-refractivity contribution >= 4 is 23.5 Å². The number of rotatable bonds is 7. The monoisotopic (exact) mass is 475 g/mol. The highest BCUT2D eigenvalue weighted by atomic mass is 16.2. The Labute approximate surface area is 206 Å². The van der Waals surface area contributed by atoms with Crippen LogP contribution in [0, 0.1) is 24.2 Å². The van der Waals surface area contributed by atoms with Crippen molar-refractivity contribution in [3.63, 3.8) is 0 Å². The number of carbonyl (C=O) groups is 3. The minimum absolute atomic E-state index is 0.0514. The summed E-state index contributed by atoms with van der Waals surface area (Å²) in [4.78, 5) is 40.3. The summed E-state index contributed by atoms with van der Waals surface area (Å²) in [5.41, 5.74) is 9.06. The number of benzene rings is 2. The summed E-state index contributed by atoms with van der Waals surface area (Å²) in [6.07, 6.45) is 1.94. The number of nitriles is 1. The number of likely N-dealkylation sites (tertiary alicyclic amines) is 1. The second-order valence-corrected chi connectivity index (χ2v) is 9.42. The summed E-state index contributed by atoms with van der Waals surface area (Å²) in [5, 5.41) is 11.9. The van der Waals surface area contributed by atoms with E-state index in [1.165, 1.54) is 10.5 Å². The first-order chi connectivity index (χ1) is 16.7. The van der Waals surface area contributed by atoms with Crippen molar-refractivity contribution in [2.75, 3.05) is 32.0 Å². The fourth-order valence-corrected chi connectivity index (χ4v) is 4.49. The number of anilines is 1. The Bertz CT molecular complexity index is 1110. The number of nitrogens with zero attached hydrogens (tertiary/aromatic N) is 3. The van der Waals surface area contributed by atoms with E-state index in [2.05, 4.69) is 11.4 Å². The van der Waals surface area contributed by atoms with Gasteiger partial charge in [0.2, 0.25) is 5.91 Å². The predicted molar refractivity (Wildman–Crippen MR) is 135 cm³/mol. The second kappa shape index (κ2) is 11.5. The van der Waals surface area contributed by atoms with Crippen molar-refractivity contribution in [3.8, 4) is 6.07 Å². The molecule has 0 bridgehead atoms. The third kappa shape index (κ3) is 6.82. The molecule has 4 amide bonds. The lowest BCUT2D eigenvalue weighted by atomic mass is 9.89. The van der Waals surface area contributed by atoms with E-state index in [1.54, 1.807) is 19.2 Å². The molecule has 3 N–H and O–H groups in total. The summed E-state index contributed by atoms with van der Waals surface area (Å²) in [5.74, 6) is -0.131. The molecule has 8 nitrogen and oxygen atoms in total. The van der Waals surface area contributed by atoms with E-state index in [4.69, 9.17) is 11.0 Å². The molecule has 0 saturated carbocycles. The molecule has 2 aromatic carbocycles. The average Bonchev–Trinajstić information content (AvgIpc) is 2.84. The number of primary amides is 1. The zero-order chi connectivity index (χ0) is 25.5. The van der Waals surface area contributed by atoms with Gasteiger partial charge in [-0.3, -0.25) is 9.59 Å². The van der Waals surface area contributed by atoms with Gasteiger partial charge in [0.1, 0.15) is 0 Å². The summed E-state index contributed by atoms with van der Waals surface area (Å²) < 4.78 is 0. The Morgan fingerprint density at radius 3 is 2.43 bits per heavy atom. The zero-order valence-corrected chi connectivity index (χ0v) is 20.6. The van der Waals surface area contributed by atoms with Gasteiger partial charge in [-0.2, -0.15) is 5.26 Å². The van der Waals surface area contributed by atoms with Crippen LogP contribution in [0.4, 0.5) is 10.5 Å². The first kappa shape index (κ1) is 25.8. The lowest BCUT2D eigenvalue weighted by Crippen LogP contribution is -2.38. The SMILES string of the molecule is Cc1ccc(C(=O)N2CCC(c3ccc(C#N)cc3)CC2)cc1NC(=O)N(C)CC(C)CC(N)=O. The summed E-state index contributed by atoms with van der Waals surface area (Å²) in [7, 11) is 1.66. The number of carbonyl (C=O) groups excluding carboxylic acids is 3. The quantitative estimate of drug-likeness (QED) is 0.632.